The maximum absolute atomic E-state index is 5.39. The number of benzene rings is 7. The molecule has 0 amide bonds. The Morgan fingerprint density at radius 3 is 2.02 bits per heavy atom. The van der Waals surface area contributed by atoms with Gasteiger partial charge in [0.05, 0.1) is 22.2 Å². The predicted molar refractivity (Wildman–Crippen MR) is 208 cm³/mol. The Kier molecular flexibility index (Phi) is 6.22. The first-order valence-corrected chi connectivity index (χ1v) is 17.3. The van der Waals surface area contributed by atoms with Crippen LogP contribution in [0.2, 0.25) is 0 Å². The molecule has 0 radical (unpaired) electrons. The Morgan fingerprint density at radius 1 is 0.480 bits per heavy atom. The summed E-state index contributed by atoms with van der Waals surface area (Å²) in [5.41, 5.74) is 15.0. The van der Waals surface area contributed by atoms with Crippen LogP contribution in [0.5, 0.6) is 0 Å². The molecule has 0 N–H and O–H groups in total. The second-order valence-corrected chi connectivity index (χ2v) is 13.8. The summed E-state index contributed by atoms with van der Waals surface area (Å²) in [4.78, 5) is 10.7. The molecule has 0 saturated heterocycles. The molecule has 0 unspecified atom stereocenters. The molecular formula is C47H33N3. The van der Waals surface area contributed by atoms with Gasteiger partial charge in [-0.05, 0) is 75.8 Å². The van der Waals surface area contributed by atoms with E-state index < -0.39 is 0 Å². The SMILES string of the molecule is CC1(C)c2ccccc2-c2c1ccc1nc(-c3cccc(-c4ccc5c(c4)c4ccccc4n5-c4ccccc4)c3)nc(-c3ccccc3)c21. The van der Waals surface area contributed by atoms with E-state index >= 15 is 0 Å². The van der Waals surface area contributed by atoms with E-state index in [0.29, 0.717) is 0 Å². The molecule has 1 aliphatic rings. The molecule has 1 aliphatic carbocycles. The molecule has 0 spiro atoms. The third kappa shape index (κ3) is 4.23. The molecule has 0 fully saturated rings. The third-order valence-electron chi connectivity index (χ3n) is 10.6. The van der Waals surface area contributed by atoms with Gasteiger partial charge in [-0.1, -0.05) is 135 Å². The molecule has 50 heavy (non-hydrogen) atoms. The fourth-order valence-corrected chi connectivity index (χ4v) is 8.20. The van der Waals surface area contributed by atoms with Crippen molar-refractivity contribution in [1.82, 2.24) is 14.5 Å². The molecule has 9 aromatic rings. The molecule has 2 aromatic heterocycles. The van der Waals surface area contributed by atoms with Crippen molar-refractivity contribution >= 4 is 32.7 Å². The number of fused-ring (bicyclic) bond motifs is 8. The topological polar surface area (TPSA) is 30.7 Å². The summed E-state index contributed by atoms with van der Waals surface area (Å²) in [7, 11) is 0. The van der Waals surface area contributed by atoms with Crippen LogP contribution in [0.15, 0.2) is 164 Å². The van der Waals surface area contributed by atoms with Gasteiger partial charge >= 0.3 is 0 Å². The molecule has 236 valence electrons. The van der Waals surface area contributed by atoms with Crippen LogP contribution in [-0.2, 0) is 5.41 Å². The standard InChI is InChI=1S/C47H33N3/c1-47(2)38-22-11-9-21-36(38)43-39(47)25-26-40-44(43)45(30-14-5-3-6-15-30)49-46(48-40)33-17-13-16-31(28-33)32-24-27-42-37(29-32)35-20-10-12-23-41(35)50(42)34-18-7-4-8-19-34/h3-29H,1-2H3. The third-order valence-corrected chi connectivity index (χ3v) is 10.6. The smallest absolute Gasteiger partial charge is 0.160 e. The lowest BCUT2D eigenvalue weighted by atomic mass is 9.82. The predicted octanol–water partition coefficient (Wildman–Crippen LogP) is 12.0. The number of rotatable bonds is 4. The Hall–Kier alpha value is -6.32. The first-order chi connectivity index (χ1) is 24.6. The molecule has 2 heterocycles. The minimum absolute atomic E-state index is 0.102. The minimum atomic E-state index is -0.102. The lowest BCUT2D eigenvalue weighted by molar-refractivity contribution is 0.661. The van der Waals surface area contributed by atoms with E-state index in [1.807, 2.05) is 0 Å². The van der Waals surface area contributed by atoms with Gasteiger partial charge < -0.3 is 4.57 Å². The highest BCUT2D eigenvalue weighted by atomic mass is 15.0. The minimum Gasteiger partial charge on any atom is -0.309 e. The fourth-order valence-electron chi connectivity index (χ4n) is 8.20. The van der Waals surface area contributed by atoms with Crippen molar-refractivity contribution in [3.8, 4) is 50.6 Å². The second-order valence-electron chi connectivity index (χ2n) is 13.8. The normalized spacial score (nSPS) is 13.2. The molecule has 0 saturated carbocycles. The zero-order valence-electron chi connectivity index (χ0n) is 27.9. The molecule has 3 heteroatoms. The van der Waals surface area contributed by atoms with Gasteiger partial charge in [0, 0.05) is 38.4 Å². The first kappa shape index (κ1) is 28.7. The maximum atomic E-state index is 5.39. The van der Waals surface area contributed by atoms with Crippen LogP contribution in [0.25, 0.3) is 83.3 Å². The summed E-state index contributed by atoms with van der Waals surface area (Å²) in [6.07, 6.45) is 0. The van der Waals surface area contributed by atoms with E-state index in [9.17, 15) is 0 Å². The maximum Gasteiger partial charge on any atom is 0.160 e. The summed E-state index contributed by atoms with van der Waals surface area (Å²) >= 11 is 0. The Labute approximate surface area is 291 Å². The summed E-state index contributed by atoms with van der Waals surface area (Å²) < 4.78 is 2.36. The van der Waals surface area contributed by atoms with Crippen LogP contribution >= 0.6 is 0 Å². The van der Waals surface area contributed by atoms with Crippen molar-refractivity contribution in [2.24, 2.45) is 0 Å². The molecule has 7 aromatic carbocycles. The van der Waals surface area contributed by atoms with Gasteiger partial charge in [0.1, 0.15) is 0 Å². The van der Waals surface area contributed by atoms with Gasteiger partial charge in [-0.25, -0.2) is 9.97 Å². The van der Waals surface area contributed by atoms with Crippen LogP contribution < -0.4 is 0 Å². The quantitative estimate of drug-likeness (QED) is 0.192. The van der Waals surface area contributed by atoms with Crippen LogP contribution in [0.4, 0.5) is 0 Å². The van der Waals surface area contributed by atoms with Gasteiger partial charge in [-0.3, -0.25) is 0 Å². The van der Waals surface area contributed by atoms with Gasteiger partial charge in [-0.2, -0.15) is 0 Å². The fraction of sp³-hybridized carbons (Fsp3) is 0.0638. The largest absolute Gasteiger partial charge is 0.309 e. The number of hydrogen-bond acceptors (Lipinski definition) is 2. The van der Waals surface area contributed by atoms with Crippen LogP contribution in [0.3, 0.4) is 0 Å². The van der Waals surface area contributed by atoms with E-state index in [2.05, 4.69) is 182 Å². The van der Waals surface area contributed by atoms with Crippen molar-refractivity contribution in [3.05, 3.63) is 175 Å². The first-order valence-electron chi connectivity index (χ1n) is 17.3. The summed E-state index contributed by atoms with van der Waals surface area (Å²) in [5, 5.41) is 3.59. The highest BCUT2D eigenvalue weighted by molar-refractivity contribution is 6.11. The van der Waals surface area contributed by atoms with E-state index in [0.717, 1.165) is 50.4 Å². The molecule has 10 rings (SSSR count). The summed E-state index contributed by atoms with van der Waals surface area (Å²) in [6.45, 7) is 4.65. The lowest BCUT2D eigenvalue weighted by Gasteiger charge is -2.21. The lowest BCUT2D eigenvalue weighted by Crippen LogP contribution is -2.14. The van der Waals surface area contributed by atoms with Crippen molar-refractivity contribution < 1.29 is 0 Å². The van der Waals surface area contributed by atoms with Crippen molar-refractivity contribution in [2.45, 2.75) is 19.3 Å². The second kappa shape index (κ2) is 10.8. The zero-order chi connectivity index (χ0) is 33.4. The highest BCUT2D eigenvalue weighted by Gasteiger charge is 2.37. The zero-order valence-corrected chi connectivity index (χ0v) is 27.9. The van der Waals surface area contributed by atoms with Gasteiger partial charge in [-0.15, -0.1) is 0 Å². The molecule has 0 bridgehead atoms. The average Bonchev–Trinajstić information content (AvgIpc) is 3.63. The van der Waals surface area contributed by atoms with Gasteiger partial charge in [0.25, 0.3) is 0 Å². The average molecular weight is 640 g/mol. The van der Waals surface area contributed by atoms with Crippen molar-refractivity contribution in [1.29, 1.82) is 0 Å². The van der Waals surface area contributed by atoms with Crippen LogP contribution in [0.1, 0.15) is 25.0 Å². The number of aromatic nitrogens is 3. The Bertz CT molecular complexity index is 2770. The van der Waals surface area contributed by atoms with E-state index in [4.69, 9.17) is 9.97 Å². The number of hydrogen-bond donors (Lipinski definition) is 0. The monoisotopic (exact) mass is 639 g/mol. The van der Waals surface area contributed by atoms with Crippen LogP contribution in [-0.4, -0.2) is 14.5 Å². The van der Waals surface area contributed by atoms with Crippen LogP contribution in [0, 0.1) is 0 Å². The van der Waals surface area contributed by atoms with Crippen molar-refractivity contribution in [3.63, 3.8) is 0 Å². The Morgan fingerprint density at radius 2 is 1.16 bits per heavy atom. The van der Waals surface area contributed by atoms with E-state index in [-0.39, 0.29) is 5.41 Å². The van der Waals surface area contributed by atoms with E-state index in [1.165, 1.54) is 44.1 Å². The summed E-state index contributed by atoms with van der Waals surface area (Å²) in [6, 6.07) is 58.6. The molecule has 0 atom stereocenters. The van der Waals surface area contributed by atoms with Crippen molar-refractivity contribution in [2.75, 3.05) is 0 Å². The highest BCUT2D eigenvalue weighted by Crippen LogP contribution is 2.52. The molecular weight excluding hydrogens is 607 g/mol. The van der Waals surface area contributed by atoms with Gasteiger partial charge in [0.2, 0.25) is 0 Å². The van der Waals surface area contributed by atoms with E-state index in [1.54, 1.807) is 0 Å². The number of nitrogens with zero attached hydrogens (tertiary/aromatic N) is 3. The molecule has 3 nitrogen and oxygen atoms in total. The molecule has 0 aliphatic heterocycles. The Balaban J connectivity index is 1.15. The van der Waals surface area contributed by atoms with Gasteiger partial charge in [0.15, 0.2) is 5.82 Å². The number of para-hydroxylation sites is 2. The summed E-state index contributed by atoms with van der Waals surface area (Å²) in [5.74, 6) is 0.727.